The van der Waals surface area contributed by atoms with Crippen LogP contribution in [0.2, 0.25) is 22.2 Å². The van der Waals surface area contributed by atoms with Gasteiger partial charge >= 0.3 is 17.1 Å². The molecule has 1 aromatic carbocycles. The maximum atomic E-state index is 12.8. The first-order chi connectivity index (χ1) is 19.8. The van der Waals surface area contributed by atoms with Crippen LogP contribution in [0.25, 0.3) is 11.2 Å². The van der Waals surface area contributed by atoms with Gasteiger partial charge in [-0.05, 0) is 34.3 Å². The molecular weight excluding hydrogens is 571 g/mol. The average molecular weight is 616 g/mol. The summed E-state index contributed by atoms with van der Waals surface area (Å²) < 4.78 is 22.0. The van der Waals surface area contributed by atoms with E-state index in [1.165, 1.54) is 6.33 Å². The van der Waals surface area contributed by atoms with Crippen LogP contribution in [0.5, 0.6) is 0 Å². The van der Waals surface area contributed by atoms with Crippen LogP contribution >= 0.6 is 0 Å². The zero-order valence-electron chi connectivity index (χ0n) is 25.8. The van der Waals surface area contributed by atoms with E-state index in [-0.39, 0.29) is 34.7 Å². The molecule has 11 nitrogen and oxygen atoms in total. The van der Waals surface area contributed by atoms with E-state index in [1.54, 1.807) is 35.2 Å². The molecule has 1 saturated heterocycles. The van der Waals surface area contributed by atoms with Gasteiger partial charge in [0.25, 0.3) is 5.91 Å². The monoisotopic (exact) mass is 615 g/mol. The van der Waals surface area contributed by atoms with Crippen LogP contribution in [0.15, 0.2) is 43.0 Å². The van der Waals surface area contributed by atoms with E-state index in [4.69, 9.17) is 13.3 Å². The summed E-state index contributed by atoms with van der Waals surface area (Å²) in [6, 6.07) is 8.88. The number of rotatable bonds is 12. The van der Waals surface area contributed by atoms with E-state index in [2.05, 4.69) is 48.0 Å². The number of amides is 1. The second kappa shape index (κ2) is 13.0. The zero-order valence-corrected chi connectivity index (χ0v) is 27.8. The van der Waals surface area contributed by atoms with Crippen molar-refractivity contribution in [3.05, 3.63) is 48.5 Å². The Morgan fingerprint density at radius 1 is 1.02 bits per heavy atom. The summed E-state index contributed by atoms with van der Waals surface area (Å²) in [5.41, 5.74) is 1.49. The highest BCUT2D eigenvalue weighted by molar-refractivity contribution is 6.83. The van der Waals surface area contributed by atoms with Crippen LogP contribution in [-0.4, -0.2) is 71.3 Å². The van der Waals surface area contributed by atoms with Gasteiger partial charge in [-0.1, -0.05) is 73.6 Å². The highest BCUT2D eigenvalue weighted by Crippen LogP contribution is 2.45. The van der Waals surface area contributed by atoms with Gasteiger partial charge in [-0.3, -0.25) is 9.36 Å². The molecule has 1 amide bonds. The third-order valence-electron chi connectivity index (χ3n) is 8.22. The molecule has 3 N–H and O–H groups in total. The lowest BCUT2D eigenvalue weighted by Crippen LogP contribution is -2.61. The van der Waals surface area contributed by atoms with Crippen molar-refractivity contribution in [2.75, 3.05) is 11.9 Å². The maximum Gasteiger partial charge on any atom is 0.335 e. The predicted molar refractivity (Wildman–Crippen MR) is 165 cm³/mol. The van der Waals surface area contributed by atoms with Crippen LogP contribution < -0.4 is 5.32 Å². The van der Waals surface area contributed by atoms with Crippen molar-refractivity contribution >= 4 is 40.0 Å². The SMILES string of the molecule is CC(C)[Si](O)(O[Si](O[C@H]1C[C@H](n2cnc3c(NC(=O)c4ccccc4)ncnc32)O[C@@H]1CO)(C(C)C)C(C)C)C(C)C. The Morgan fingerprint density at radius 2 is 1.67 bits per heavy atom. The number of nitrogens with zero attached hydrogens (tertiary/aromatic N) is 4. The summed E-state index contributed by atoms with van der Waals surface area (Å²) >= 11 is 0. The van der Waals surface area contributed by atoms with Crippen molar-refractivity contribution in [3.8, 4) is 0 Å². The van der Waals surface area contributed by atoms with E-state index in [0.717, 1.165) is 0 Å². The number of hydrogen-bond acceptors (Lipinski definition) is 9. The Bertz CT molecular complexity index is 1340. The number of anilines is 1. The number of aliphatic hydroxyl groups excluding tert-OH is 1. The fourth-order valence-corrected chi connectivity index (χ4v) is 15.6. The normalized spacial score (nSPS) is 20.0. The van der Waals surface area contributed by atoms with Crippen LogP contribution in [0.1, 0.15) is 78.4 Å². The molecule has 3 aromatic rings. The molecule has 0 bridgehead atoms. The van der Waals surface area contributed by atoms with E-state index in [9.17, 15) is 14.7 Å². The fourth-order valence-electron chi connectivity index (χ4n) is 5.68. The van der Waals surface area contributed by atoms with Crippen molar-refractivity contribution < 1.29 is 28.0 Å². The number of carbonyl (C=O) groups excluding carboxylic acids is 1. The van der Waals surface area contributed by atoms with Gasteiger partial charge in [-0.2, -0.15) is 0 Å². The molecule has 0 aliphatic carbocycles. The summed E-state index contributed by atoms with van der Waals surface area (Å²) in [6.45, 7) is 16.2. The highest BCUT2D eigenvalue weighted by atomic mass is 28.5. The third kappa shape index (κ3) is 6.23. The van der Waals surface area contributed by atoms with Gasteiger partial charge in [-0.25, -0.2) is 15.0 Å². The Morgan fingerprint density at radius 3 is 2.24 bits per heavy atom. The van der Waals surface area contributed by atoms with E-state index in [0.29, 0.717) is 29.0 Å². The molecule has 0 saturated carbocycles. The number of aromatic nitrogens is 4. The molecule has 3 heterocycles. The summed E-state index contributed by atoms with van der Waals surface area (Å²) in [5.74, 6) is -0.00536. The Labute approximate surface area is 250 Å². The first-order valence-electron chi connectivity index (χ1n) is 14.7. The molecule has 1 aliphatic heterocycles. The molecule has 13 heteroatoms. The standard InChI is InChI=1S/C29H45N5O6Si2/c1-18(2)41(37,19(3)4)40-42(20(5)6,21(7)8)39-23-14-25(38-24(23)15-35)34-17-32-26-27(30-16-31-28(26)34)33-29(36)22-12-10-9-11-13-22/h9-13,16-21,23-25,35,37H,14-15H2,1-8H3,(H,30,31,33,36)/t23-,24+,25+/m0/s1. The highest BCUT2D eigenvalue weighted by Gasteiger charge is 2.56. The minimum atomic E-state index is -3.15. The Hall–Kier alpha value is -2.53. The molecule has 2 aromatic heterocycles. The molecule has 0 unspecified atom stereocenters. The van der Waals surface area contributed by atoms with E-state index < -0.39 is 35.6 Å². The molecule has 4 rings (SSSR count). The molecule has 42 heavy (non-hydrogen) atoms. The van der Waals surface area contributed by atoms with Crippen LogP contribution in [0.4, 0.5) is 5.82 Å². The van der Waals surface area contributed by atoms with Crippen molar-refractivity contribution in [2.24, 2.45) is 0 Å². The van der Waals surface area contributed by atoms with Crippen LogP contribution in [-0.2, 0) is 13.3 Å². The Kier molecular flexibility index (Phi) is 10.0. The summed E-state index contributed by atoms with van der Waals surface area (Å²) in [4.78, 5) is 37.8. The van der Waals surface area contributed by atoms with E-state index >= 15 is 0 Å². The molecule has 1 fully saturated rings. The molecule has 1 aliphatic rings. The molecule has 230 valence electrons. The smallest absolute Gasteiger partial charge is 0.335 e. The minimum Gasteiger partial charge on any atom is -0.414 e. The van der Waals surface area contributed by atoms with Gasteiger partial charge in [0, 0.05) is 12.0 Å². The van der Waals surface area contributed by atoms with E-state index in [1.807, 2.05) is 33.8 Å². The molecular formula is C29H45N5O6Si2. The first kappa shape index (κ1) is 32.4. The summed E-state index contributed by atoms with van der Waals surface area (Å²) in [5, 5.41) is 13.2. The second-order valence-electron chi connectivity index (χ2n) is 12.3. The van der Waals surface area contributed by atoms with Crippen LogP contribution in [0.3, 0.4) is 0 Å². The predicted octanol–water partition coefficient (Wildman–Crippen LogP) is 5.28. The topological polar surface area (TPSA) is 141 Å². The molecule has 3 atom stereocenters. The van der Waals surface area contributed by atoms with Gasteiger partial charge in [-0.15, -0.1) is 0 Å². The third-order valence-corrected chi connectivity index (χ3v) is 18.0. The van der Waals surface area contributed by atoms with Crippen molar-refractivity contribution in [2.45, 2.75) is 102 Å². The average Bonchev–Trinajstić information content (AvgIpc) is 3.56. The fraction of sp³-hybridized carbons (Fsp3) is 0.586. The second-order valence-corrected chi connectivity index (χ2v) is 20.9. The van der Waals surface area contributed by atoms with Gasteiger partial charge in [0.15, 0.2) is 17.0 Å². The number of ether oxygens (including phenoxy) is 1. The molecule has 0 spiro atoms. The number of benzene rings is 1. The van der Waals surface area contributed by atoms with Gasteiger partial charge < -0.3 is 28.5 Å². The first-order valence-corrected chi connectivity index (χ1v) is 18.7. The summed E-state index contributed by atoms with van der Waals surface area (Å²) in [6.07, 6.45) is 1.81. The van der Waals surface area contributed by atoms with Gasteiger partial charge in [0.2, 0.25) is 0 Å². The number of nitrogens with one attached hydrogen (secondary N) is 1. The quantitative estimate of drug-likeness (QED) is 0.232. The number of fused-ring (bicyclic) bond motifs is 1. The van der Waals surface area contributed by atoms with Crippen LogP contribution in [0, 0.1) is 0 Å². The van der Waals surface area contributed by atoms with Crippen molar-refractivity contribution in [1.82, 2.24) is 19.5 Å². The summed E-state index contributed by atoms with van der Waals surface area (Å²) in [7, 11) is -6.19. The molecule has 0 radical (unpaired) electrons. The minimum absolute atomic E-state index is 0.0136. The maximum absolute atomic E-state index is 12.8. The number of imidazole rings is 1. The van der Waals surface area contributed by atoms with Gasteiger partial charge in [0.05, 0.1) is 19.0 Å². The number of carbonyl (C=O) groups is 1. The van der Waals surface area contributed by atoms with Gasteiger partial charge in [0.1, 0.15) is 18.7 Å². The Balaban J connectivity index is 1.62. The lowest BCUT2D eigenvalue weighted by molar-refractivity contribution is -0.0442. The van der Waals surface area contributed by atoms with Crippen molar-refractivity contribution in [3.63, 3.8) is 0 Å². The lowest BCUT2D eigenvalue weighted by Gasteiger charge is -2.47. The largest absolute Gasteiger partial charge is 0.414 e. The number of hydrogen-bond donors (Lipinski definition) is 3. The number of aliphatic hydroxyl groups is 1. The lowest BCUT2D eigenvalue weighted by atomic mass is 10.2. The zero-order chi connectivity index (χ0) is 30.8. The van der Waals surface area contributed by atoms with Crippen molar-refractivity contribution in [1.29, 1.82) is 0 Å².